The zero-order chi connectivity index (χ0) is 11.7. The summed E-state index contributed by atoms with van der Waals surface area (Å²) in [4.78, 5) is 0.895. The van der Waals surface area contributed by atoms with Crippen LogP contribution in [0.25, 0.3) is 0 Å². The van der Waals surface area contributed by atoms with Crippen molar-refractivity contribution in [3.05, 3.63) is 56.2 Å². The maximum Gasteiger partial charge on any atom is 0.113 e. The summed E-state index contributed by atoms with van der Waals surface area (Å²) < 4.78 is 0.751. The smallest absolute Gasteiger partial charge is 0.113 e. The molecular formula is C13H13ClOS. The first-order chi connectivity index (χ1) is 7.58. The third-order valence-electron chi connectivity index (χ3n) is 2.54. The molecule has 1 atom stereocenters. The standard InChI is InChI=1S/C13H13ClOS/c1-8-3-5-10(6-4-8)12(15)11-7-9(2)13(14)16-11/h3-7,12,15H,1-2H3. The Kier molecular flexibility index (Phi) is 3.33. The van der Waals surface area contributed by atoms with Gasteiger partial charge in [-0.1, -0.05) is 41.4 Å². The van der Waals surface area contributed by atoms with Crippen LogP contribution in [0.1, 0.15) is 27.7 Å². The van der Waals surface area contributed by atoms with Crippen molar-refractivity contribution in [2.24, 2.45) is 0 Å². The molecule has 1 N–H and O–H groups in total. The number of rotatable bonds is 2. The molecule has 1 nitrogen and oxygen atoms in total. The predicted octanol–water partition coefficient (Wildman–Crippen LogP) is 4.10. The molecule has 0 saturated heterocycles. The van der Waals surface area contributed by atoms with E-state index in [1.54, 1.807) is 0 Å². The Morgan fingerprint density at radius 1 is 1.19 bits per heavy atom. The van der Waals surface area contributed by atoms with Gasteiger partial charge in [-0.15, -0.1) is 11.3 Å². The monoisotopic (exact) mass is 252 g/mol. The first kappa shape index (κ1) is 11.6. The zero-order valence-electron chi connectivity index (χ0n) is 9.20. The van der Waals surface area contributed by atoms with E-state index in [2.05, 4.69) is 0 Å². The van der Waals surface area contributed by atoms with Crippen LogP contribution in [0, 0.1) is 13.8 Å². The number of aliphatic hydroxyl groups is 1. The van der Waals surface area contributed by atoms with E-state index in [-0.39, 0.29) is 0 Å². The predicted molar refractivity (Wildman–Crippen MR) is 69.3 cm³/mol. The normalized spacial score (nSPS) is 12.8. The van der Waals surface area contributed by atoms with Gasteiger partial charge in [0, 0.05) is 4.88 Å². The topological polar surface area (TPSA) is 20.2 Å². The molecule has 1 aromatic heterocycles. The van der Waals surface area contributed by atoms with Crippen molar-refractivity contribution in [1.29, 1.82) is 0 Å². The quantitative estimate of drug-likeness (QED) is 0.853. The van der Waals surface area contributed by atoms with Gasteiger partial charge < -0.3 is 5.11 Å². The highest BCUT2D eigenvalue weighted by atomic mass is 35.5. The SMILES string of the molecule is Cc1ccc(C(O)c2cc(C)c(Cl)s2)cc1. The Balaban J connectivity index is 2.31. The molecule has 84 valence electrons. The van der Waals surface area contributed by atoms with Crippen molar-refractivity contribution in [3.8, 4) is 0 Å². The summed E-state index contributed by atoms with van der Waals surface area (Å²) in [6, 6.07) is 9.84. The molecule has 2 rings (SSSR count). The van der Waals surface area contributed by atoms with E-state index >= 15 is 0 Å². The summed E-state index contributed by atoms with van der Waals surface area (Å²) >= 11 is 7.43. The van der Waals surface area contributed by atoms with Crippen molar-refractivity contribution in [2.75, 3.05) is 0 Å². The molecule has 0 amide bonds. The van der Waals surface area contributed by atoms with Crippen LogP contribution < -0.4 is 0 Å². The first-order valence-electron chi connectivity index (χ1n) is 5.08. The highest BCUT2D eigenvalue weighted by molar-refractivity contribution is 7.16. The molecule has 1 unspecified atom stereocenters. The highest BCUT2D eigenvalue weighted by Gasteiger charge is 2.14. The highest BCUT2D eigenvalue weighted by Crippen LogP contribution is 2.33. The lowest BCUT2D eigenvalue weighted by Crippen LogP contribution is -1.96. The van der Waals surface area contributed by atoms with Crippen LogP contribution in [0.5, 0.6) is 0 Å². The minimum atomic E-state index is -0.572. The molecule has 0 radical (unpaired) electrons. The van der Waals surface area contributed by atoms with Crippen molar-refractivity contribution < 1.29 is 5.11 Å². The van der Waals surface area contributed by atoms with Gasteiger partial charge in [-0.05, 0) is 31.0 Å². The van der Waals surface area contributed by atoms with Crippen LogP contribution in [0.3, 0.4) is 0 Å². The van der Waals surface area contributed by atoms with Gasteiger partial charge in [0.15, 0.2) is 0 Å². The number of hydrogen-bond donors (Lipinski definition) is 1. The molecule has 0 aliphatic heterocycles. The van der Waals surface area contributed by atoms with Gasteiger partial charge in [-0.2, -0.15) is 0 Å². The van der Waals surface area contributed by atoms with Crippen LogP contribution >= 0.6 is 22.9 Å². The third kappa shape index (κ3) is 2.29. The van der Waals surface area contributed by atoms with E-state index < -0.39 is 6.10 Å². The number of aliphatic hydroxyl groups excluding tert-OH is 1. The van der Waals surface area contributed by atoms with E-state index in [0.717, 1.165) is 20.3 Å². The first-order valence-corrected chi connectivity index (χ1v) is 6.28. The van der Waals surface area contributed by atoms with E-state index in [0.29, 0.717) is 0 Å². The Hall–Kier alpha value is -0.830. The van der Waals surface area contributed by atoms with Crippen LogP contribution in [-0.4, -0.2) is 5.11 Å². The summed E-state index contributed by atoms with van der Waals surface area (Å²) in [5.74, 6) is 0. The van der Waals surface area contributed by atoms with Crippen LogP contribution in [0.4, 0.5) is 0 Å². The Labute approximate surface area is 104 Å². The second kappa shape index (κ2) is 4.58. The van der Waals surface area contributed by atoms with E-state index in [1.807, 2.05) is 44.2 Å². The lowest BCUT2D eigenvalue weighted by atomic mass is 10.1. The van der Waals surface area contributed by atoms with Gasteiger partial charge in [-0.3, -0.25) is 0 Å². The van der Waals surface area contributed by atoms with Crippen molar-refractivity contribution in [1.82, 2.24) is 0 Å². The van der Waals surface area contributed by atoms with Crippen molar-refractivity contribution in [3.63, 3.8) is 0 Å². The van der Waals surface area contributed by atoms with Gasteiger partial charge >= 0.3 is 0 Å². The number of halogens is 1. The summed E-state index contributed by atoms with van der Waals surface area (Å²) in [6.45, 7) is 3.98. The van der Waals surface area contributed by atoms with E-state index in [4.69, 9.17) is 11.6 Å². The molecule has 2 aromatic rings. The summed E-state index contributed by atoms with van der Waals surface area (Å²) in [6.07, 6.45) is -0.572. The molecule has 0 bridgehead atoms. The Morgan fingerprint density at radius 3 is 2.31 bits per heavy atom. The van der Waals surface area contributed by atoms with Gasteiger partial charge in [0.2, 0.25) is 0 Å². The fourth-order valence-corrected chi connectivity index (χ4v) is 2.76. The van der Waals surface area contributed by atoms with Gasteiger partial charge in [0.25, 0.3) is 0 Å². The van der Waals surface area contributed by atoms with Crippen LogP contribution in [0.15, 0.2) is 30.3 Å². The zero-order valence-corrected chi connectivity index (χ0v) is 10.8. The molecule has 16 heavy (non-hydrogen) atoms. The Bertz CT molecular complexity index is 468. The average Bonchev–Trinajstić information content (AvgIpc) is 2.59. The number of aryl methyl sites for hydroxylation is 2. The lowest BCUT2D eigenvalue weighted by Gasteiger charge is -2.08. The molecule has 3 heteroatoms. The van der Waals surface area contributed by atoms with Crippen LogP contribution in [0.2, 0.25) is 4.34 Å². The molecular weight excluding hydrogens is 240 g/mol. The maximum atomic E-state index is 10.2. The second-order valence-electron chi connectivity index (χ2n) is 3.92. The number of benzene rings is 1. The molecule has 0 fully saturated rings. The second-order valence-corrected chi connectivity index (χ2v) is 5.60. The van der Waals surface area contributed by atoms with Gasteiger partial charge in [0.1, 0.15) is 6.10 Å². The lowest BCUT2D eigenvalue weighted by molar-refractivity contribution is 0.224. The summed E-state index contributed by atoms with van der Waals surface area (Å²) in [5, 5.41) is 10.2. The average molecular weight is 253 g/mol. The summed E-state index contributed by atoms with van der Waals surface area (Å²) in [7, 11) is 0. The minimum absolute atomic E-state index is 0.572. The largest absolute Gasteiger partial charge is 0.383 e. The number of thiophene rings is 1. The fourth-order valence-electron chi connectivity index (χ4n) is 1.53. The third-order valence-corrected chi connectivity index (χ3v) is 4.15. The molecule has 0 spiro atoms. The molecule has 0 aliphatic carbocycles. The molecule has 1 heterocycles. The maximum absolute atomic E-state index is 10.2. The van der Waals surface area contributed by atoms with E-state index in [1.165, 1.54) is 16.9 Å². The molecule has 1 aromatic carbocycles. The van der Waals surface area contributed by atoms with Crippen molar-refractivity contribution >= 4 is 22.9 Å². The van der Waals surface area contributed by atoms with Crippen LogP contribution in [-0.2, 0) is 0 Å². The minimum Gasteiger partial charge on any atom is -0.383 e. The number of hydrogen-bond acceptors (Lipinski definition) is 2. The molecule has 0 saturated carbocycles. The summed E-state index contributed by atoms with van der Waals surface area (Å²) in [5.41, 5.74) is 3.12. The van der Waals surface area contributed by atoms with Crippen molar-refractivity contribution in [2.45, 2.75) is 20.0 Å². The van der Waals surface area contributed by atoms with E-state index in [9.17, 15) is 5.11 Å². The Morgan fingerprint density at radius 2 is 1.81 bits per heavy atom. The molecule has 0 aliphatic rings. The fraction of sp³-hybridized carbons (Fsp3) is 0.231. The van der Waals surface area contributed by atoms with Gasteiger partial charge in [0.05, 0.1) is 4.34 Å². The van der Waals surface area contributed by atoms with Gasteiger partial charge in [-0.25, -0.2) is 0 Å².